The molecule has 14 heteroatoms. The molecule has 0 aliphatic heterocycles. The quantitative estimate of drug-likeness (QED) is 0.234. The third-order valence-corrected chi connectivity index (χ3v) is 5.63. The van der Waals surface area contributed by atoms with Crippen molar-refractivity contribution < 1.29 is 58.6 Å². The molecule has 0 aliphatic rings. The highest BCUT2D eigenvalue weighted by Gasteiger charge is 2.45. The number of rotatable bonds is 9. The molecule has 0 unspecified atom stereocenters. The molecule has 214 valence electrons. The number of methoxy groups -OCH3 is 1. The number of esters is 1. The second kappa shape index (κ2) is 11.5. The maximum Gasteiger partial charge on any atom is 0.461 e. The fourth-order valence-electron chi connectivity index (χ4n) is 3.75. The van der Waals surface area contributed by atoms with E-state index < -0.39 is 76.6 Å². The second-order valence-corrected chi connectivity index (χ2v) is 8.34. The van der Waals surface area contributed by atoms with E-state index in [9.17, 15) is 49.1 Å². The van der Waals surface area contributed by atoms with E-state index >= 15 is 0 Å². The number of ether oxygens (including phenoxy) is 2. The first kappa shape index (κ1) is 30.3. The van der Waals surface area contributed by atoms with Crippen molar-refractivity contribution in [2.75, 3.05) is 7.11 Å². The van der Waals surface area contributed by atoms with Crippen LogP contribution in [-0.2, 0) is 21.2 Å². The molecule has 3 aromatic carbocycles. The van der Waals surface area contributed by atoms with Crippen LogP contribution in [0.1, 0.15) is 33.5 Å². The summed E-state index contributed by atoms with van der Waals surface area (Å²) in [5, 5.41) is 2.30. The smallest absolute Gasteiger partial charge is 0.461 e. The first-order valence-electron chi connectivity index (χ1n) is 11.1. The van der Waals surface area contributed by atoms with E-state index in [0.29, 0.717) is 30.3 Å². The number of hydrogen-bond acceptors (Lipinski definition) is 4. The number of amides is 1. The van der Waals surface area contributed by atoms with Gasteiger partial charge >= 0.3 is 24.7 Å². The number of alkyl halides is 7. The van der Waals surface area contributed by atoms with Gasteiger partial charge in [0.25, 0.3) is 5.91 Å². The van der Waals surface area contributed by atoms with E-state index in [4.69, 9.17) is 0 Å². The Hall–Kier alpha value is -4.23. The topological polar surface area (TPSA) is 64.6 Å². The van der Waals surface area contributed by atoms with E-state index in [-0.39, 0.29) is 5.56 Å². The van der Waals surface area contributed by atoms with Gasteiger partial charge in [-0.1, -0.05) is 18.2 Å². The van der Waals surface area contributed by atoms with Gasteiger partial charge in [0.1, 0.15) is 22.9 Å². The highest BCUT2D eigenvalue weighted by molar-refractivity contribution is 5.95. The summed E-state index contributed by atoms with van der Waals surface area (Å²) in [5.74, 6) is -5.66. The number of carbonyl (C=O) groups is 2. The molecule has 1 amide bonds. The Labute approximate surface area is 220 Å². The van der Waals surface area contributed by atoms with Crippen LogP contribution in [0, 0.1) is 11.6 Å². The maximum atomic E-state index is 14.7. The zero-order valence-electron chi connectivity index (χ0n) is 20.2. The molecule has 0 aliphatic carbocycles. The van der Waals surface area contributed by atoms with Gasteiger partial charge in [0.2, 0.25) is 0 Å². The van der Waals surface area contributed by atoms with Crippen molar-refractivity contribution in [3.05, 3.63) is 101 Å². The fourth-order valence-corrected chi connectivity index (χ4v) is 3.75. The van der Waals surface area contributed by atoms with E-state index in [1.807, 2.05) is 0 Å². The fraction of sp³-hybridized carbons (Fsp3) is 0.231. The normalized spacial score (nSPS) is 13.5. The molecular weight excluding hydrogens is 561 g/mol. The molecule has 0 radical (unpaired) electrons. The monoisotopic (exact) mass is 579 g/mol. The second-order valence-electron chi connectivity index (χ2n) is 8.34. The third kappa shape index (κ3) is 6.85. The summed E-state index contributed by atoms with van der Waals surface area (Å²) >= 11 is 0. The average Bonchev–Trinajstić information content (AvgIpc) is 2.87. The van der Waals surface area contributed by atoms with Crippen molar-refractivity contribution in [2.24, 2.45) is 0 Å². The summed E-state index contributed by atoms with van der Waals surface area (Å²) < 4.78 is 129. The van der Waals surface area contributed by atoms with E-state index in [1.165, 1.54) is 0 Å². The maximum absolute atomic E-state index is 14.7. The van der Waals surface area contributed by atoms with Crippen molar-refractivity contribution in [2.45, 2.75) is 30.7 Å². The number of nitrogens with one attached hydrogen (secondary N) is 1. The zero-order chi connectivity index (χ0) is 29.9. The van der Waals surface area contributed by atoms with Gasteiger partial charge in [-0.05, 0) is 53.6 Å². The summed E-state index contributed by atoms with van der Waals surface area (Å²) in [6.07, 6.45) is -15.2. The van der Waals surface area contributed by atoms with Gasteiger partial charge in [0.05, 0.1) is 19.1 Å². The standard InChI is InChI=1S/C26H18F9NO4/c1-39-21(37)13-24(15-5-7-18(27)8-6-15,36-22(38)14-3-2-4-16(9-14)25(31,32)33)17-10-19(28)12-20(11-17)40-26(34,35)23(29)30/h2-12,23H,13H2,1H3,(H,36,38)/t24-/m1/s1. The van der Waals surface area contributed by atoms with Crippen LogP contribution in [0.4, 0.5) is 39.5 Å². The molecule has 0 saturated carbocycles. The van der Waals surface area contributed by atoms with E-state index in [2.05, 4.69) is 14.8 Å². The lowest BCUT2D eigenvalue weighted by atomic mass is 9.79. The highest BCUT2D eigenvalue weighted by Crippen LogP contribution is 2.38. The molecule has 5 nitrogen and oxygen atoms in total. The van der Waals surface area contributed by atoms with Gasteiger partial charge in [-0.3, -0.25) is 9.59 Å². The van der Waals surface area contributed by atoms with Gasteiger partial charge < -0.3 is 14.8 Å². The summed E-state index contributed by atoms with van der Waals surface area (Å²) in [6.45, 7) is 0. The molecule has 0 heterocycles. The third-order valence-electron chi connectivity index (χ3n) is 5.63. The van der Waals surface area contributed by atoms with Crippen LogP contribution in [0.25, 0.3) is 0 Å². The Morgan fingerprint density at radius 1 is 0.825 bits per heavy atom. The van der Waals surface area contributed by atoms with E-state index in [0.717, 1.165) is 43.5 Å². The molecule has 1 N–H and O–H groups in total. The number of carbonyl (C=O) groups excluding carboxylic acids is 2. The van der Waals surface area contributed by atoms with Crippen molar-refractivity contribution in [1.29, 1.82) is 0 Å². The van der Waals surface area contributed by atoms with Crippen LogP contribution < -0.4 is 10.1 Å². The predicted octanol–water partition coefficient (Wildman–Crippen LogP) is 6.46. The predicted molar refractivity (Wildman–Crippen MR) is 121 cm³/mol. The Kier molecular flexibility index (Phi) is 8.70. The Morgan fingerprint density at radius 3 is 2.05 bits per heavy atom. The molecular formula is C26H18F9NO4. The zero-order valence-corrected chi connectivity index (χ0v) is 20.2. The lowest BCUT2D eigenvalue weighted by Crippen LogP contribution is -2.48. The number of halogens is 9. The molecule has 3 rings (SSSR count). The van der Waals surface area contributed by atoms with Crippen LogP contribution >= 0.6 is 0 Å². The minimum Gasteiger partial charge on any atom is -0.469 e. The Balaban J connectivity index is 2.26. The SMILES string of the molecule is COC(=O)C[C@@](NC(=O)c1cccc(C(F)(F)F)c1)(c1ccc(F)cc1)c1cc(F)cc(OC(F)(F)C(F)F)c1. The first-order chi connectivity index (χ1) is 18.6. The van der Waals surface area contributed by atoms with Gasteiger partial charge in [-0.25, -0.2) is 8.78 Å². The minimum atomic E-state index is -5.08. The molecule has 0 bridgehead atoms. The molecule has 0 saturated heterocycles. The molecule has 3 aromatic rings. The number of benzene rings is 3. The first-order valence-corrected chi connectivity index (χ1v) is 11.1. The molecule has 0 fully saturated rings. The van der Waals surface area contributed by atoms with Crippen molar-refractivity contribution in [3.63, 3.8) is 0 Å². The van der Waals surface area contributed by atoms with Crippen LogP contribution in [0.2, 0.25) is 0 Å². The number of hydrogen-bond donors (Lipinski definition) is 1. The molecule has 40 heavy (non-hydrogen) atoms. The van der Waals surface area contributed by atoms with Crippen LogP contribution in [0.3, 0.4) is 0 Å². The van der Waals surface area contributed by atoms with E-state index in [1.54, 1.807) is 0 Å². The molecule has 1 atom stereocenters. The van der Waals surface area contributed by atoms with Crippen molar-refractivity contribution in [1.82, 2.24) is 5.32 Å². The molecule has 0 aromatic heterocycles. The van der Waals surface area contributed by atoms with Crippen LogP contribution in [-0.4, -0.2) is 31.5 Å². The van der Waals surface area contributed by atoms with Gasteiger partial charge in [0.15, 0.2) is 0 Å². The van der Waals surface area contributed by atoms with Crippen molar-refractivity contribution >= 4 is 11.9 Å². The Morgan fingerprint density at radius 2 is 1.48 bits per heavy atom. The van der Waals surface area contributed by atoms with Gasteiger partial charge in [-0.15, -0.1) is 0 Å². The largest absolute Gasteiger partial charge is 0.469 e. The molecule has 0 spiro atoms. The summed E-state index contributed by atoms with van der Waals surface area (Å²) in [6, 6.07) is 8.38. The van der Waals surface area contributed by atoms with Crippen LogP contribution in [0.5, 0.6) is 5.75 Å². The summed E-state index contributed by atoms with van der Waals surface area (Å²) in [7, 11) is 0.926. The minimum absolute atomic E-state index is 0.184. The highest BCUT2D eigenvalue weighted by atomic mass is 19.4. The van der Waals surface area contributed by atoms with Crippen LogP contribution in [0.15, 0.2) is 66.7 Å². The van der Waals surface area contributed by atoms with Gasteiger partial charge in [-0.2, -0.15) is 30.7 Å². The average molecular weight is 579 g/mol. The lowest BCUT2D eigenvalue weighted by Gasteiger charge is -2.35. The van der Waals surface area contributed by atoms with Gasteiger partial charge in [0, 0.05) is 11.6 Å². The van der Waals surface area contributed by atoms with Crippen molar-refractivity contribution in [3.8, 4) is 5.75 Å². The summed E-state index contributed by atoms with van der Waals surface area (Å²) in [5.41, 5.74) is -4.85. The Bertz CT molecular complexity index is 1380. The summed E-state index contributed by atoms with van der Waals surface area (Å²) in [4.78, 5) is 25.8. The lowest BCUT2D eigenvalue weighted by molar-refractivity contribution is -0.253.